The van der Waals surface area contributed by atoms with Gasteiger partial charge in [0, 0.05) is 5.69 Å². The number of nitrogens with zero attached hydrogens (tertiary/aromatic N) is 3. The SMILES string of the molecule is Cc1cc(C(F)(F)F)cc(-n2nc(-c3c(O)ccc4ccccc34)c(I)c2C)n1. The van der Waals surface area contributed by atoms with Gasteiger partial charge in [-0.05, 0) is 65.4 Å². The van der Waals surface area contributed by atoms with E-state index in [1.54, 1.807) is 13.0 Å². The van der Waals surface area contributed by atoms with Crippen molar-refractivity contribution in [1.29, 1.82) is 0 Å². The Bertz CT molecular complexity index is 1250. The van der Waals surface area contributed by atoms with Crippen LogP contribution in [0.2, 0.25) is 0 Å². The first-order valence-corrected chi connectivity index (χ1v) is 9.77. The normalized spacial score (nSPS) is 11.9. The van der Waals surface area contributed by atoms with Crippen molar-refractivity contribution in [3.8, 4) is 22.8 Å². The second-order valence-corrected chi connectivity index (χ2v) is 7.77. The lowest BCUT2D eigenvalue weighted by molar-refractivity contribution is -0.137. The van der Waals surface area contributed by atoms with Crippen LogP contribution in [0.5, 0.6) is 5.75 Å². The standard InChI is InChI=1S/C21H15F3IN3O/c1-11-9-14(21(22,23)24)10-17(26-11)28-12(2)19(25)20(27-28)18-15-6-4-3-5-13(15)7-8-16(18)29/h3-10,29H,1-2H3. The van der Waals surface area contributed by atoms with Crippen molar-refractivity contribution in [2.45, 2.75) is 20.0 Å². The van der Waals surface area contributed by atoms with Gasteiger partial charge in [0.05, 0.1) is 20.4 Å². The van der Waals surface area contributed by atoms with Crippen molar-refractivity contribution in [3.63, 3.8) is 0 Å². The summed E-state index contributed by atoms with van der Waals surface area (Å²) in [6, 6.07) is 12.9. The maximum absolute atomic E-state index is 13.2. The molecule has 0 aliphatic heterocycles. The third kappa shape index (κ3) is 3.45. The monoisotopic (exact) mass is 509 g/mol. The summed E-state index contributed by atoms with van der Waals surface area (Å²) in [5.41, 5.74) is 1.14. The molecule has 1 N–H and O–H groups in total. The zero-order valence-electron chi connectivity index (χ0n) is 15.4. The van der Waals surface area contributed by atoms with Crippen molar-refractivity contribution in [3.05, 3.63) is 69.1 Å². The van der Waals surface area contributed by atoms with Crippen molar-refractivity contribution in [2.24, 2.45) is 0 Å². The molecule has 0 saturated carbocycles. The molecule has 0 aliphatic carbocycles. The predicted molar refractivity (Wildman–Crippen MR) is 113 cm³/mol. The number of fused-ring (bicyclic) bond motifs is 1. The number of phenols is 1. The van der Waals surface area contributed by atoms with Crippen molar-refractivity contribution >= 4 is 33.4 Å². The Balaban J connectivity index is 1.96. The number of halogens is 4. The summed E-state index contributed by atoms with van der Waals surface area (Å²) in [7, 11) is 0. The van der Waals surface area contributed by atoms with Gasteiger partial charge in [-0.3, -0.25) is 0 Å². The Morgan fingerprint density at radius 3 is 2.48 bits per heavy atom. The number of aromatic hydroxyl groups is 1. The van der Waals surface area contributed by atoms with Crippen LogP contribution >= 0.6 is 22.6 Å². The van der Waals surface area contributed by atoms with Crippen LogP contribution in [-0.2, 0) is 6.18 Å². The zero-order valence-corrected chi connectivity index (χ0v) is 17.6. The molecule has 0 spiro atoms. The third-order valence-electron chi connectivity index (χ3n) is 4.67. The molecule has 4 nitrogen and oxygen atoms in total. The molecule has 0 amide bonds. The van der Waals surface area contributed by atoms with E-state index in [2.05, 4.69) is 32.7 Å². The fraction of sp³-hybridized carbons (Fsp3) is 0.143. The molecule has 4 rings (SSSR count). The molecular formula is C21H15F3IN3O. The number of rotatable bonds is 2. The van der Waals surface area contributed by atoms with Gasteiger partial charge in [0.2, 0.25) is 0 Å². The highest BCUT2D eigenvalue weighted by molar-refractivity contribution is 14.1. The Kier molecular flexibility index (Phi) is 4.76. The number of hydrogen-bond acceptors (Lipinski definition) is 3. The molecule has 0 fully saturated rings. The number of pyridine rings is 1. The molecule has 0 saturated heterocycles. The minimum absolute atomic E-state index is 0.0550. The predicted octanol–water partition coefficient (Wildman–Crippen LogP) is 6.03. The molecule has 0 radical (unpaired) electrons. The van der Waals surface area contributed by atoms with Crippen LogP contribution < -0.4 is 0 Å². The summed E-state index contributed by atoms with van der Waals surface area (Å²) in [5.74, 6) is 0.137. The van der Waals surface area contributed by atoms with Crippen LogP contribution in [0.25, 0.3) is 27.8 Å². The van der Waals surface area contributed by atoms with Crippen molar-refractivity contribution < 1.29 is 18.3 Å². The van der Waals surface area contributed by atoms with E-state index < -0.39 is 11.7 Å². The first kappa shape index (κ1) is 19.7. The van der Waals surface area contributed by atoms with Gasteiger partial charge in [-0.2, -0.15) is 18.3 Å². The molecule has 2 heterocycles. The number of aromatic nitrogens is 3. The number of benzene rings is 2. The first-order valence-electron chi connectivity index (χ1n) is 8.69. The lowest BCUT2D eigenvalue weighted by Crippen LogP contribution is -2.10. The smallest absolute Gasteiger partial charge is 0.416 e. The molecule has 29 heavy (non-hydrogen) atoms. The summed E-state index contributed by atoms with van der Waals surface area (Å²) in [4.78, 5) is 4.25. The van der Waals surface area contributed by atoms with Crippen molar-refractivity contribution in [2.75, 3.05) is 0 Å². The Hall–Kier alpha value is -2.62. The first-order chi connectivity index (χ1) is 13.7. The van der Waals surface area contributed by atoms with Crippen LogP contribution in [-0.4, -0.2) is 19.9 Å². The summed E-state index contributed by atoms with van der Waals surface area (Å²) < 4.78 is 41.9. The highest BCUT2D eigenvalue weighted by Crippen LogP contribution is 2.39. The zero-order chi connectivity index (χ0) is 20.9. The van der Waals surface area contributed by atoms with Crippen LogP contribution in [0.1, 0.15) is 17.0 Å². The lowest BCUT2D eigenvalue weighted by atomic mass is 10.0. The van der Waals surface area contributed by atoms with Crippen molar-refractivity contribution in [1.82, 2.24) is 14.8 Å². The summed E-state index contributed by atoms with van der Waals surface area (Å²) in [6.07, 6.45) is -4.48. The van der Waals surface area contributed by atoms with Gasteiger partial charge in [0.15, 0.2) is 5.82 Å². The Morgan fingerprint density at radius 1 is 1.03 bits per heavy atom. The molecule has 4 aromatic rings. The van der Waals surface area contributed by atoms with E-state index in [9.17, 15) is 18.3 Å². The van der Waals surface area contributed by atoms with E-state index in [0.717, 1.165) is 26.5 Å². The third-order valence-corrected chi connectivity index (χ3v) is 5.96. The minimum atomic E-state index is -4.48. The second kappa shape index (κ2) is 7.01. The summed E-state index contributed by atoms with van der Waals surface area (Å²) in [5, 5.41) is 16.8. The summed E-state index contributed by atoms with van der Waals surface area (Å²) in [6.45, 7) is 3.28. The van der Waals surface area contributed by atoms with E-state index in [4.69, 9.17) is 0 Å². The number of hydrogen-bond donors (Lipinski definition) is 1. The minimum Gasteiger partial charge on any atom is -0.507 e. The van der Waals surface area contributed by atoms with Gasteiger partial charge in [-0.1, -0.05) is 30.3 Å². The van der Waals surface area contributed by atoms with E-state index in [1.165, 1.54) is 11.6 Å². The Labute approximate surface area is 178 Å². The van der Waals surface area contributed by atoms with Crippen LogP contribution in [0, 0.1) is 17.4 Å². The molecule has 2 aromatic carbocycles. The highest BCUT2D eigenvalue weighted by Gasteiger charge is 2.32. The second-order valence-electron chi connectivity index (χ2n) is 6.69. The number of phenolic OH excluding ortho intramolecular Hbond substituents is 1. The van der Waals surface area contributed by atoms with E-state index in [-0.39, 0.29) is 17.3 Å². The van der Waals surface area contributed by atoms with E-state index in [0.29, 0.717) is 17.0 Å². The Morgan fingerprint density at radius 2 is 1.76 bits per heavy atom. The molecule has 0 unspecified atom stereocenters. The lowest BCUT2D eigenvalue weighted by Gasteiger charge is -2.11. The maximum Gasteiger partial charge on any atom is 0.416 e. The average molecular weight is 509 g/mol. The maximum atomic E-state index is 13.2. The fourth-order valence-electron chi connectivity index (χ4n) is 3.30. The number of alkyl halides is 3. The molecular weight excluding hydrogens is 494 g/mol. The highest BCUT2D eigenvalue weighted by atomic mass is 127. The molecule has 2 aromatic heterocycles. The van der Waals surface area contributed by atoms with Gasteiger partial charge in [-0.25, -0.2) is 9.67 Å². The van der Waals surface area contributed by atoms with Crippen LogP contribution in [0.15, 0.2) is 48.5 Å². The average Bonchev–Trinajstić information content (AvgIpc) is 2.95. The quantitative estimate of drug-likeness (QED) is 0.336. The molecule has 0 aliphatic rings. The molecule has 8 heteroatoms. The van der Waals surface area contributed by atoms with Gasteiger partial charge in [0.25, 0.3) is 0 Å². The molecule has 0 bridgehead atoms. The summed E-state index contributed by atoms with van der Waals surface area (Å²) >= 11 is 2.09. The van der Waals surface area contributed by atoms with Crippen LogP contribution in [0.4, 0.5) is 13.2 Å². The van der Waals surface area contributed by atoms with Gasteiger partial charge in [-0.15, -0.1) is 0 Å². The van der Waals surface area contributed by atoms with E-state index in [1.807, 2.05) is 30.3 Å². The topological polar surface area (TPSA) is 50.9 Å². The molecule has 0 atom stereocenters. The molecule has 148 valence electrons. The van der Waals surface area contributed by atoms with Gasteiger partial charge >= 0.3 is 6.18 Å². The van der Waals surface area contributed by atoms with Gasteiger partial charge < -0.3 is 5.11 Å². The van der Waals surface area contributed by atoms with Gasteiger partial charge in [0.1, 0.15) is 11.4 Å². The van der Waals surface area contributed by atoms with E-state index >= 15 is 0 Å². The van der Waals surface area contributed by atoms with Crippen LogP contribution in [0.3, 0.4) is 0 Å². The largest absolute Gasteiger partial charge is 0.507 e. The fourth-order valence-corrected chi connectivity index (χ4v) is 3.90. The number of aryl methyl sites for hydroxylation is 1.